The number of hydrogen-bond acceptors (Lipinski definition) is 5. The van der Waals surface area contributed by atoms with Crippen molar-refractivity contribution in [2.45, 2.75) is 0 Å². The monoisotopic (exact) mass is 252 g/mol. The number of pyridine rings is 1. The Balaban J connectivity index is 1.99. The van der Waals surface area contributed by atoms with Gasteiger partial charge in [0.05, 0.1) is 0 Å². The first-order chi connectivity index (χ1) is 9.33. The molecule has 0 atom stereocenters. The lowest BCUT2D eigenvalue weighted by Crippen LogP contribution is -2.37. The smallest absolute Gasteiger partial charge is 0.192 e. The van der Waals surface area contributed by atoms with Crippen molar-refractivity contribution in [3.63, 3.8) is 0 Å². The van der Waals surface area contributed by atoms with Crippen LogP contribution in [0.1, 0.15) is 0 Å². The highest BCUT2D eigenvalue weighted by molar-refractivity contribution is 6.08. The van der Waals surface area contributed by atoms with Crippen molar-refractivity contribution in [1.82, 2.24) is 15.5 Å². The zero-order chi connectivity index (χ0) is 12.8. The van der Waals surface area contributed by atoms with Gasteiger partial charge in [0.2, 0.25) is 0 Å². The Hall–Kier alpha value is -2.53. The van der Waals surface area contributed by atoms with Crippen molar-refractivity contribution in [2.75, 3.05) is 12.1 Å². The summed E-state index contributed by atoms with van der Waals surface area (Å²) in [7, 11) is 1.93. The van der Waals surface area contributed by atoms with Gasteiger partial charge in [0.15, 0.2) is 11.4 Å². The van der Waals surface area contributed by atoms with E-state index in [1.54, 1.807) is 6.20 Å². The van der Waals surface area contributed by atoms with E-state index >= 15 is 0 Å². The van der Waals surface area contributed by atoms with Crippen molar-refractivity contribution in [3.8, 4) is 0 Å². The quantitative estimate of drug-likeness (QED) is 0.721. The second-order valence-corrected chi connectivity index (χ2v) is 4.49. The molecule has 0 aliphatic carbocycles. The number of benzene rings is 1. The summed E-state index contributed by atoms with van der Waals surface area (Å²) in [6, 6.07) is 10.00. The summed E-state index contributed by atoms with van der Waals surface area (Å²) in [5.41, 5.74) is 4.81. The first-order valence-corrected chi connectivity index (χ1v) is 6.06. The molecule has 0 radical (unpaired) electrons. The van der Waals surface area contributed by atoms with Crippen molar-refractivity contribution in [3.05, 3.63) is 48.9 Å². The van der Waals surface area contributed by atoms with Gasteiger partial charge in [-0.15, -0.1) is 5.53 Å². The molecule has 0 unspecified atom stereocenters. The van der Waals surface area contributed by atoms with Crippen LogP contribution in [-0.2, 0) is 0 Å². The second kappa shape index (κ2) is 3.73. The van der Waals surface area contributed by atoms with E-state index in [9.17, 15) is 0 Å². The van der Waals surface area contributed by atoms with Gasteiger partial charge in [-0.3, -0.25) is 5.01 Å². The minimum absolute atomic E-state index is 0.759. The van der Waals surface area contributed by atoms with Crippen LogP contribution in [0.3, 0.4) is 0 Å². The molecule has 1 aliphatic rings. The first kappa shape index (κ1) is 10.4. The number of nitrogens with one attached hydrogen (secondary N) is 1. The highest BCUT2D eigenvalue weighted by atomic mass is 16.3. The van der Waals surface area contributed by atoms with E-state index < -0.39 is 0 Å². The van der Waals surface area contributed by atoms with Crippen LogP contribution in [0.15, 0.2) is 53.3 Å². The van der Waals surface area contributed by atoms with Gasteiger partial charge in [0, 0.05) is 36.4 Å². The minimum atomic E-state index is 0.759. The largest absolute Gasteiger partial charge is 0.452 e. The van der Waals surface area contributed by atoms with Crippen LogP contribution in [0, 0.1) is 0 Å². The summed E-state index contributed by atoms with van der Waals surface area (Å²) in [5, 5.41) is 5.87. The van der Waals surface area contributed by atoms with Crippen LogP contribution >= 0.6 is 0 Å². The van der Waals surface area contributed by atoms with Gasteiger partial charge in [-0.1, -0.05) is 18.2 Å². The molecule has 0 spiro atoms. The third kappa shape index (κ3) is 1.49. The molecule has 1 N–H and O–H groups in total. The number of hydrazine groups is 2. The predicted molar refractivity (Wildman–Crippen MR) is 74.0 cm³/mol. The fourth-order valence-electron chi connectivity index (χ4n) is 2.33. The molecule has 1 aliphatic heterocycles. The van der Waals surface area contributed by atoms with Gasteiger partial charge in [0.1, 0.15) is 5.58 Å². The molecule has 5 nitrogen and oxygen atoms in total. The number of hydrogen-bond donors (Lipinski definition) is 1. The predicted octanol–water partition coefficient (Wildman–Crippen LogP) is 2.62. The molecular weight excluding hydrogens is 240 g/mol. The number of aromatic nitrogens is 1. The van der Waals surface area contributed by atoms with Gasteiger partial charge in [-0.05, 0) is 12.1 Å². The summed E-state index contributed by atoms with van der Waals surface area (Å²) in [6.45, 7) is 0. The molecule has 2 aromatic heterocycles. The molecule has 0 bridgehead atoms. The maximum atomic E-state index is 5.93. The highest BCUT2D eigenvalue weighted by Crippen LogP contribution is 2.33. The number of fused-ring (bicyclic) bond motifs is 3. The molecule has 19 heavy (non-hydrogen) atoms. The Kier molecular flexibility index (Phi) is 2.04. The molecule has 1 aromatic carbocycles. The zero-order valence-corrected chi connectivity index (χ0v) is 10.4. The Morgan fingerprint density at radius 3 is 2.84 bits per heavy atom. The van der Waals surface area contributed by atoms with Gasteiger partial charge in [-0.2, -0.15) is 0 Å². The number of para-hydroxylation sites is 1. The topological polar surface area (TPSA) is 44.5 Å². The Labute approximate surface area is 109 Å². The summed E-state index contributed by atoms with van der Waals surface area (Å²) >= 11 is 0. The van der Waals surface area contributed by atoms with Crippen molar-refractivity contribution in [2.24, 2.45) is 0 Å². The Morgan fingerprint density at radius 2 is 2.00 bits per heavy atom. The van der Waals surface area contributed by atoms with E-state index in [0.717, 1.165) is 27.8 Å². The van der Waals surface area contributed by atoms with E-state index in [-0.39, 0.29) is 0 Å². The molecule has 0 fully saturated rings. The van der Waals surface area contributed by atoms with Crippen LogP contribution in [0.25, 0.3) is 21.9 Å². The molecule has 3 aromatic rings. The van der Waals surface area contributed by atoms with Gasteiger partial charge in [-0.25, -0.2) is 9.99 Å². The van der Waals surface area contributed by atoms with Gasteiger partial charge < -0.3 is 4.42 Å². The van der Waals surface area contributed by atoms with Crippen molar-refractivity contribution >= 4 is 27.8 Å². The second-order valence-electron chi connectivity index (χ2n) is 4.49. The van der Waals surface area contributed by atoms with Crippen LogP contribution in [0.4, 0.5) is 5.82 Å². The molecule has 94 valence electrons. The molecule has 5 heteroatoms. The fourth-order valence-corrected chi connectivity index (χ4v) is 2.33. The zero-order valence-electron chi connectivity index (χ0n) is 10.4. The number of furan rings is 1. The molecule has 0 saturated carbocycles. The first-order valence-electron chi connectivity index (χ1n) is 6.06. The van der Waals surface area contributed by atoms with E-state index in [4.69, 9.17) is 4.42 Å². The van der Waals surface area contributed by atoms with Crippen LogP contribution in [0.2, 0.25) is 0 Å². The standard InChI is InChI=1S/C14H12N4O/c1-17-8-9-18(16-17)14-13-11(6-7-15-14)10-4-2-3-5-12(10)19-13/h2-9,16H,1H3. The lowest BCUT2D eigenvalue weighted by molar-refractivity contribution is 0.357. The van der Waals surface area contributed by atoms with Crippen LogP contribution < -0.4 is 10.5 Å². The Morgan fingerprint density at radius 1 is 1.11 bits per heavy atom. The van der Waals surface area contributed by atoms with E-state index in [1.165, 1.54) is 0 Å². The van der Waals surface area contributed by atoms with E-state index in [2.05, 4.69) is 16.6 Å². The number of nitrogens with zero attached hydrogens (tertiary/aromatic N) is 3. The summed E-state index contributed by atoms with van der Waals surface area (Å²) in [5.74, 6) is 0.759. The molecule has 0 amide bonds. The van der Waals surface area contributed by atoms with Crippen molar-refractivity contribution < 1.29 is 4.42 Å². The maximum absolute atomic E-state index is 5.93. The van der Waals surface area contributed by atoms with E-state index in [0.29, 0.717) is 0 Å². The normalized spacial score (nSPS) is 15.0. The molecule has 4 rings (SSSR count). The summed E-state index contributed by atoms with van der Waals surface area (Å²) in [6.07, 6.45) is 5.63. The summed E-state index contributed by atoms with van der Waals surface area (Å²) < 4.78 is 5.93. The highest BCUT2D eigenvalue weighted by Gasteiger charge is 2.18. The van der Waals surface area contributed by atoms with Gasteiger partial charge >= 0.3 is 0 Å². The van der Waals surface area contributed by atoms with Crippen molar-refractivity contribution in [1.29, 1.82) is 0 Å². The van der Waals surface area contributed by atoms with Crippen LogP contribution in [0.5, 0.6) is 0 Å². The maximum Gasteiger partial charge on any atom is 0.192 e. The lowest BCUT2D eigenvalue weighted by atomic mass is 10.2. The minimum Gasteiger partial charge on any atom is -0.452 e. The number of anilines is 1. The van der Waals surface area contributed by atoms with Crippen LogP contribution in [-0.4, -0.2) is 17.0 Å². The van der Waals surface area contributed by atoms with Gasteiger partial charge in [0.25, 0.3) is 0 Å². The lowest BCUT2D eigenvalue weighted by Gasteiger charge is -2.18. The molecule has 0 saturated heterocycles. The van der Waals surface area contributed by atoms with E-state index in [1.807, 2.05) is 53.7 Å². The molecular formula is C14H12N4O. The average molecular weight is 252 g/mol. The Bertz CT molecular complexity index is 792. The molecule has 3 heterocycles. The number of rotatable bonds is 1. The average Bonchev–Trinajstić information content (AvgIpc) is 3.02. The third-order valence-corrected chi connectivity index (χ3v) is 3.21. The summed E-state index contributed by atoms with van der Waals surface area (Å²) in [4.78, 5) is 4.41. The SMILES string of the molecule is CN1C=CN(c2nccc3c2oc2ccccc23)N1. The third-order valence-electron chi connectivity index (χ3n) is 3.21. The fraction of sp³-hybridized carbons (Fsp3) is 0.0714.